The van der Waals surface area contributed by atoms with Crippen molar-refractivity contribution in [2.75, 3.05) is 25.9 Å². The van der Waals surface area contributed by atoms with Crippen molar-refractivity contribution in [2.24, 2.45) is 0 Å². The van der Waals surface area contributed by atoms with Crippen LogP contribution in [0.15, 0.2) is 30.3 Å². The Balaban J connectivity index is 2.05. The summed E-state index contributed by atoms with van der Waals surface area (Å²) in [5.41, 5.74) is 0.932. The van der Waals surface area contributed by atoms with Crippen LogP contribution >= 0.6 is 0 Å². The monoisotopic (exact) mass is 324 g/mol. The second kappa shape index (κ2) is 7.24. The molecule has 1 aromatic rings. The van der Waals surface area contributed by atoms with E-state index in [1.54, 1.807) is 0 Å². The summed E-state index contributed by atoms with van der Waals surface area (Å²) in [6.45, 7) is 3.68. The van der Waals surface area contributed by atoms with Gasteiger partial charge in [-0.1, -0.05) is 30.3 Å². The Hall–Kier alpha value is -1.40. The summed E-state index contributed by atoms with van der Waals surface area (Å²) in [5.74, 6) is 0.0476. The predicted molar refractivity (Wildman–Crippen MR) is 86.8 cm³/mol. The van der Waals surface area contributed by atoms with Gasteiger partial charge in [0.1, 0.15) is 0 Å². The van der Waals surface area contributed by atoms with Crippen molar-refractivity contribution in [3.63, 3.8) is 0 Å². The highest BCUT2D eigenvalue weighted by Crippen LogP contribution is 2.23. The van der Waals surface area contributed by atoms with Crippen LogP contribution in [0.3, 0.4) is 0 Å². The highest BCUT2D eigenvalue weighted by atomic mass is 32.2. The minimum atomic E-state index is -3.37. The van der Waals surface area contributed by atoms with E-state index in [9.17, 15) is 13.2 Å². The third kappa shape index (κ3) is 4.30. The van der Waals surface area contributed by atoms with Crippen LogP contribution < -0.4 is 0 Å². The quantitative estimate of drug-likeness (QED) is 0.804. The van der Waals surface area contributed by atoms with Crippen LogP contribution in [0.25, 0.3) is 0 Å². The van der Waals surface area contributed by atoms with E-state index in [4.69, 9.17) is 0 Å². The number of amides is 1. The molecule has 1 aromatic carbocycles. The summed E-state index contributed by atoms with van der Waals surface area (Å²) in [7, 11) is -3.37. The van der Waals surface area contributed by atoms with Gasteiger partial charge in [-0.2, -0.15) is 4.31 Å². The van der Waals surface area contributed by atoms with Gasteiger partial charge in [0.2, 0.25) is 15.9 Å². The summed E-state index contributed by atoms with van der Waals surface area (Å²) in [6.07, 6.45) is 3.53. The number of hydrogen-bond acceptors (Lipinski definition) is 3. The van der Waals surface area contributed by atoms with Gasteiger partial charge in [0.25, 0.3) is 0 Å². The number of carbonyl (C=O) groups excluding carboxylic acids is 1. The lowest BCUT2D eigenvalue weighted by atomic mass is 10.1. The molecule has 1 saturated heterocycles. The minimum Gasteiger partial charge on any atom is -0.343 e. The third-order valence-electron chi connectivity index (χ3n) is 4.14. The number of rotatable bonds is 6. The molecular formula is C16H24N2O3S. The van der Waals surface area contributed by atoms with E-state index in [-0.39, 0.29) is 24.9 Å². The van der Waals surface area contributed by atoms with Gasteiger partial charge < -0.3 is 4.90 Å². The Morgan fingerprint density at radius 2 is 1.82 bits per heavy atom. The Kier molecular flexibility index (Phi) is 5.58. The fourth-order valence-electron chi connectivity index (χ4n) is 2.87. The van der Waals surface area contributed by atoms with Gasteiger partial charge in [-0.3, -0.25) is 4.79 Å². The molecule has 0 spiro atoms. The summed E-state index contributed by atoms with van der Waals surface area (Å²) in [6, 6.07) is 9.22. The number of nitrogens with zero attached hydrogens (tertiary/aromatic N) is 2. The predicted octanol–water partition coefficient (Wildman–Crippen LogP) is 2.02. The fourth-order valence-corrected chi connectivity index (χ4v) is 3.99. The number of carbonyl (C=O) groups is 1. The molecule has 0 bridgehead atoms. The van der Waals surface area contributed by atoms with Crippen molar-refractivity contribution < 1.29 is 13.2 Å². The van der Waals surface area contributed by atoms with Gasteiger partial charge >= 0.3 is 0 Å². The maximum absolute atomic E-state index is 12.1. The van der Waals surface area contributed by atoms with Gasteiger partial charge in [-0.15, -0.1) is 0 Å². The van der Waals surface area contributed by atoms with Gasteiger partial charge in [0, 0.05) is 32.1 Å². The van der Waals surface area contributed by atoms with Gasteiger partial charge in [0.05, 0.1) is 6.26 Å². The SMILES string of the molecule is CC(c1ccccc1)N(CCC(=O)N1CCCC1)S(C)(=O)=O. The van der Waals surface area contributed by atoms with E-state index in [1.807, 2.05) is 42.2 Å². The zero-order valence-corrected chi connectivity index (χ0v) is 14.1. The van der Waals surface area contributed by atoms with Crippen molar-refractivity contribution in [2.45, 2.75) is 32.2 Å². The van der Waals surface area contributed by atoms with Gasteiger partial charge in [-0.25, -0.2) is 8.42 Å². The number of hydrogen-bond donors (Lipinski definition) is 0. The summed E-state index contributed by atoms with van der Waals surface area (Å²) in [5, 5.41) is 0. The lowest BCUT2D eigenvalue weighted by Gasteiger charge is -2.27. The van der Waals surface area contributed by atoms with Crippen LogP contribution in [0.2, 0.25) is 0 Å². The average molecular weight is 324 g/mol. The average Bonchev–Trinajstić information content (AvgIpc) is 3.01. The molecule has 1 heterocycles. The fraction of sp³-hybridized carbons (Fsp3) is 0.562. The number of benzene rings is 1. The molecule has 0 saturated carbocycles. The Morgan fingerprint density at radius 1 is 1.23 bits per heavy atom. The molecule has 1 aliphatic heterocycles. The zero-order valence-electron chi connectivity index (χ0n) is 13.2. The zero-order chi connectivity index (χ0) is 16.2. The molecule has 1 fully saturated rings. The first kappa shape index (κ1) is 17.0. The largest absolute Gasteiger partial charge is 0.343 e. The van der Waals surface area contributed by atoms with Crippen LogP contribution in [-0.2, 0) is 14.8 Å². The lowest BCUT2D eigenvalue weighted by molar-refractivity contribution is -0.130. The van der Waals surface area contributed by atoms with E-state index >= 15 is 0 Å². The Morgan fingerprint density at radius 3 is 2.36 bits per heavy atom. The van der Waals surface area contributed by atoms with E-state index < -0.39 is 10.0 Å². The molecule has 1 amide bonds. The highest BCUT2D eigenvalue weighted by molar-refractivity contribution is 7.88. The molecule has 22 heavy (non-hydrogen) atoms. The molecule has 0 radical (unpaired) electrons. The molecule has 0 aromatic heterocycles. The first-order chi connectivity index (χ1) is 10.4. The van der Waals surface area contributed by atoms with Crippen LogP contribution in [0.5, 0.6) is 0 Å². The van der Waals surface area contributed by atoms with Crippen LogP contribution in [0, 0.1) is 0 Å². The van der Waals surface area contributed by atoms with Crippen LogP contribution in [-0.4, -0.2) is 49.4 Å². The summed E-state index contributed by atoms with van der Waals surface area (Å²) >= 11 is 0. The molecule has 1 atom stereocenters. The van der Waals surface area contributed by atoms with Crippen molar-refractivity contribution in [1.29, 1.82) is 0 Å². The first-order valence-electron chi connectivity index (χ1n) is 7.69. The van der Waals surface area contributed by atoms with Crippen molar-refractivity contribution in [3.05, 3.63) is 35.9 Å². The minimum absolute atomic E-state index is 0.0476. The molecule has 1 unspecified atom stereocenters. The molecule has 6 heteroatoms. The van der Waals surface area contributed by atoms with Gasteiger partial charge in [-0.05, 0) is 25.3 Å². The summed E-state index contributed by atoms with van der Waals surface area (Å²) < 4.78 is 25.6. The molecule has 122 valence electrons. The smallest absolute Gasteiger partial charge is 0.223 e. The van der Waals surface area contributed by atoms with Crippen molar-refractivity contribution in [1.82, 2.24) is 9.21 Å². The van der Waals surface area contributed by atoms with Gasteiger partial charge in [0.15, 0.2) is 0 Å². The third-order valence-corrected chi connectivity index (χ3v) is 5.50. The number of likely N-dealkylation sites (tertiary alicyclic amines) is 1. The van der Waals surface area contributed by atoms with Crippen LogP contribution in [0.4, 0.5) is 0 Å². The molecular weight excluding hydrogens is 300 g/mol. The second-order valence-corrected chi connectivity index (χ2v) is 7.73. The van der Waals surface area contributed by atoms with Crippen molar-refractivity contribution in [3.8, 4) is 0 Å². The topological polar surface area (TPSA) is 57.7 Å². The Labute approximate surface area is 133 Å². The molecule has 0 aliphatic carbocycles. The van der Waals surface area contributed by atoms with Crippen molar-refractivity contribution >= 4 is 15.9 Å². The maximum Gasteiger partial charge on any atom is 0.223 e. The molecule has 5 nitrogen and oxygen atoms in total. The molecule has 1 aliphatic rings. The lowest BCUT2D eigenvalue weighted by Crippen LogP contribution is -2.37. The van der Waals surface area contributed by atoms with E-state index in [0.717, 1.165) is 31.5 Å². The highest BCUT2D eigenvalue weighted by Gasteiger charge is 2.26. The summed E-state index contributed by atoms with van der Waals surface area (Å²) in [4.78, 5) is 14.0. The molecule has 2 rings (SSSR count). The standard InChI is InChI=1S/C16H24N2O3S/c1-14(15-8-4-3-5-9-15)18(22(2,20)21)13-10-16(19)17-11-6-7-12-17/h3-5,8-9,14H,6-7,10-13H2,1-2H3. The van der Waals surface area contributed by atoms with E-state index in [0.29, 0.717) is 0 Å². The maximum atomic E-state index is 12.1. The van der Waals surface area contributed by atoms with E-state index in [2.05, 4.69) is 0 Å². The number of sulfonamides is 1. The first-order valence-corrected chi connectivity index (χ1v) is 9.54. The Bertz CT molecular complexity index is 595. The second-order valence-electron chi connectivity index (χ2n) is 5.80. The molecule has 0 N–H and O–H groups in total. The van der Waals surface area contributed by atoms with Crippen LogP contribution in [0.1, 0.15) is 37.8 Å². The van der Waals surface area contributed by atoms with E-state index in [1.165, 1.54) is 10.6 Å². The normalized spacial score (nSPS) is 17.0.